The van der Waals surface area contributed by atoms with E-state index in [-0.39, 0.29) is 36.1 Å². The molecule has 19 heavy (non-hydrogen) atoms. The van der Waals surface area contributed by atoms with E-state index in [9.17, 15) is 18.3 Å². The van der Waals surface area contributed by atoms with E-state index < -0.39 is 15.9 Å². The molecule has 1 aromatic carbocycles. The predicted molar refractivity (Wildman–Crippen MR) is 67.7 cm³/mol. The van der Waals surface area contributed by atoms with E-state index in [0.29, 0.717) is 0 Å². The van der Waals surface area contributed by atoms with Crippen LogP contribution in [0.1, 0.15) is 0 Å². The molecule has 0 unspecified atom stereocenters. The van der Waals surface area contributed by atoms with E-state index >= 15 is 0 Å². The number of rotatable bonds is 7. The molecule has 0 atom stereocenters. The maximum Gasteiger partial charge on any atom is 0.243 e. The molecule has 0 spiro atoms. The second kappa shape index (κ2) is 6.36. The summed E-state index contributed by atoms with van der Waals surface area (Å²) in [5.41, 5.74) is 10.2. The average molecular weight is 289 g/mol. The monoisotopic (exact) mass is 289 g/mol. The van der Waals surface area contributed by atoms with E-state index in [1.165, 1.54) is 12.1 Å². The number of amides is 1. The number of nitrogens with one attached hydrogen (secondary N) is 1. The number of nitrogens with two attached hydrogens (primary N) is 2. The molecule has 0 bridgehead atoms. The minimum Gasteiger partial charge on any atom is -0.506 e. The lowest BCUT2D eigenvalue weighted by Gasteiger charge is -2.08. The summed E-state index contributed by atoms with van der Waals surface area (Å²) in [6.45, 7) is -0.278. The van der Waals surface area contributed by atoms with Crippen LogP contribution >= 0.6 is 0 Å². The highest BCUT2D eigenvalue weighted by Crippen LogP contribution is 2.22. The lowest BCUT2D eigenvalue weighted by atomic mass is 10.3. The Morgan fingerprint density at radius 1 is 1.42 bits per heavy atom. The number of ether oxygens (including phenoxy) is 1. The minimum absolute atomic E-state index is 0.00966. The van der Waals surface area contributed by atoms with Gasteiger partial charge in [-0.2, -0.15) is 0 Å². The molecule has 1 rings (SSSR count). The molecular formula is C10H15N3O5S. The number of hydrogen-bond acceptors (Lipinski definition) is 6. The Hall–Kier alpha value is -1.84. The van der Waals surface area contributed by atoms with Gasteiger partial charge in [0.1, 0.15) is 12.4 Å². The summed E-state index contributed by atoms with van der Waals surface area (Å²) in [6, 6.07) is 3.55. The van der Waals surface area contributed by atoms with Gasteiger partial charge in [0, 0.05) is 6.54 Å². The highest BCUT2D eigenvalue weighted by atomic mass is 32.2. The minimum atomic E-state index is -3.74. The molecular weight excluding hydrogens is 274 g/mol. The molecule has 0 heterocycles. The average Bonchev–Trinajstić information content (AvgIpc) is 2.31. The first-order valence-electron chi connectivity index (χ1n) is 5.27. The van der Waals surface area contributed by atoms with Crippen molar-refractivity contribution in [1.82, 2.24) is 4.72 Å². The zero-order valence-electron chi connectivity index (χ0n) is 10.00. The van der Waals surface area contributed by atoms with Crippen LogP contribution in [0.4, 0.5) is 5.69 Å². The SMILES string of the molecule is NC(=O)COCCNS(=O)(=O)c1ccc(O)c(N)c1. The molecule has 0 aromatic heterocycles. The van der Waals surface area contributed by atoms with Crippen molar-refractivity contribution < 1.29 is 23.1 Å². The van der Waals surface area contributed by atoms with Crippen LogP contribution in [0.15, 0.2) is 23.1 Å². The van der Waals surface area contributed by atoms with E-state index in [1.807, 2.05) is 0 Å². The molecule has 0 aliphatic heterocycles. The highest BCUT2D eigenvalue weighted by molar-refractivity contribution is 7.89. The number of primary amides is 1. The fourth-order valence-corrected chi connectivity index (χ4v) is 2.25. The van der Waals surface area contributed by atoms with E-state index in [0.717, 1.165) is 6.07 Å². The summed E-state index contributed by atoms with van der Waals surface area (Å²) >= 11 is 0. The number of benzene rings is 1. The molecule has 1 amide bonds. The first-order chi connectivity index (χ1) is 8.83. The Kier molecular flexibility index (Phi) is 5.10. The number of carbonyl (C=O) groups excluding carboxylic acids is 1. The molecule has 0 radical (unpaired) electrons. The molecule has 6 N–H and O–H groups in total. The van der Waals surface area contributed by atoms with Crippen LogP contribution in [-0.4, -0.2) is 39.2 Å². The van der Waals surface area contributed by atoms with Crippen LogP contribution in [0.25, 0.3) is 0 Å². The van der Waals surface area contributed by atoms with E-state index in [1.54, 1.807) is 0 Å². The quantitative estimate of drug-likeness (QED) is 0.280. The second-order valence-electron chi connectivity index (χ2n) is 3.64. The molecule has 8 nitrogen and oxygen atoms in total. The number of sulfonamides is 1. The van der Waals surface area contributed by atoms with Crippen LogP contribution in [0, 0.1) is 0 Å². The van der Waals surface area contributed by atoms with E-state index in [4.69, 9.17) is 16.2 Å². The topological polar surface area (TPSA) is 145 Å². The number of carbonyl (C=O) groups is 1. The van der Waals surface area contributed by atoms with Gasteiger partial charge in [0.15, 0.2) is 0 Å². The first-order valence-corrected chi connectivity index (χ1v) is 6.75. The van der Waals surface area contributed by atoms with Gasteiger partial charge in [0.05, 0.1) is 17.2 Å². The van der Waals surface area contributed by atoms with Gasteiger partial charge in [0.25, 0.3) is 0 Å². The number of hydrogen-bond donors (Lipinski definition) is 4. The van der Waals surface area contributed by atoms with E-state index in [2.05, 4.69) is 4.72 Å². The van der Waals surface area contributed by atoms with Crippen molar-refractivity contribution in [1.29, 1.82) is 0 Å². The number of phenolic OH excluding ortho intramolecular Hbond substituents is 1. The van der Waals surface area contributed by atoms with Crippen molar-refractivity contribution in [3.8, 4) is 5.75 Å². The molecule has 0 saturated carbocycles. The number of phenols is 1. The van der Waals surface area contributed by atoms with Crippen molar-refractivity contribution >= 4 is 21.6 Å². The lowest BCUT2D eigenvalue weighted by Crippen LogP contribution is -2.29. The zero-order chi connectivity index (χ0) is 14.5. The fourth-order valence-electron chi connectivity index (χ4n) is 1.20. The van der Waals surface area contributed by atoms with Gasteiger partial charge >= 0.3 is 0 Å². The zero-order valence-corrected chi connectivity index (χ0v) is 10.8. The van der Waals surface area contributed by atoms with Crippen LogP contribution in [0.2, 0.25) is 0 Å². The third-order valence-electron chi connectivity index (χ3n) is 2.09. The summed E-state index contributed by atoms with van der Waals surface area (Å²) < 4.78 is 30.7. The normalized spacial score (nSPS) is 11.4. The molecule has 0 saturated heterocycles. The van der Waals surface area contributed by atoms with Gasteiger partial charge in [-0.1, -0.05) is 0 Å². The first kappa shape index (κ1) is 15.2. The van der Waals surface area contributed by atoms with Crippen LogP contribution in [-0.2, 0) is 19.6 Å². The number of anilines is 1. The van der Waals surface area contributed by atoms with Gasteiger partial charge in [0.2, 0.25) is 15.9 Å². The van der Waals surface area contributed by atoms with Crippen LogP contribution < -0.4 is 16.2 Å². The fraction of sp³-hybridized carbons (Fsp3) is 0.300. The van der Waals surface area contributed by atoms with Gasteiger partial charge in [-0.25, -0.2) is 13.1 Å². The molecule has 0 aliphatic rings. The van der Waals surface area contributed by atoms with Crippen molar-refractivity contribution in [2.24, 2.45) is 5.73 Å². The summed E-state index contributed by atoms with van der Waals surface area (Å²) in [6.07, 6.45) is 0. The Morgan fingerprint density at radius 2 is 2.11 bits per heavy atom. The highest BCUT2D eigenvalue weighted by Gasteiger charge is 2.14. The summed E-state index contributed by atoms with van der Waals surface area (Å²) in [5.74, 6) is -0.821. The van der Waals surface area contributed by atoms with Gasteiger partial charge in [-0.05, 0) is 18.2 Å². The third kappa shape index (κ3) is 4.73. The summed E-state index contributed by atoms with van der Waals surface area (Å²) in [5, 5.41) is 9.20. The second-order valence-corrected chi connectivity index (χ2v) is 5.40. The largest absolute Gasteiger partial charge is 0.506 e. The molecule has 0 aliphatic carbocycles. The molecule has 9 heteroatoms. The van der Waals surface area contributed by atoms with Crippen LogP contribution in [0.5, 0.6) is 5.75 Å². The summed E-state index contributed by atoms with van der Waals surface area (Å²) in [4.78, 5) is 10.3. The standard InChI is InChI=1S/C10H15N3O5S/c11-8-5-7(1-2-9(8)14)19(16,17)13-3-4-18-6-10(12)15/h1-2,5,13-14H,3-4,6,11H2,(H2,12,15). The van der Waals surface area contributed by atoms with Crippen molar-refractivity contribution in [2.75, 3.05) is 25.5 Å². The van der Waals surface area contributed by atoms with Crippen LogP contribution in [0.3, 0.4) is 0 Å². The smallest absolute Gasteiger partial charge is 0.243 e. The third-order valence-corrected chi connectivity index (χ3v) is 3.55. The Balaban J connectivity index is 2.56. The maximum atomic E-state index is 11.8. The molecule has 106 valence electrons. The molecule has 1 aromatic rings. The Morgan fingerprint density at radius 3 is 2.68 bits per heavy atom. The van der Waals surface area contributed by atoms with Crippen molar-refractivity contribution in [3.05, 3.63) is 18.2 Å². The van der Waals surface area contributed by atoms with Gasteiger partial charge in [-0.15, -0.1) is 0 Å². The molecule has 0 fully saturated rings. The summed E-state index contributed by atoms with van der Waals surface area (Å²) in [7, 11) is -3.74. The van der Waals surface area contributed by atoms with Gasteiger partial charge in [-0.3, -0.25) is 4.79 Å². The number of aromatic hydroxyl groups is 1. The predicted octanol–water partition coefficient (Wildman–Crippen LogP) is -1.25. The Labute approximate surface area is 110 Å². The maximum absolute atomic E-state index is 11.8. The van der Waals surface area contributed by atoms with Crippen molar-refractivity contribution in [2.45, 2.75) is 4.90 Å². The van der Waals surface area contributed by atoms with Gasteiger partial charge < -0.3 is 21.3 Å². The Bertz CT molecular complexity index is 558. The number of nitrogen functional groups attached to an aromatic ring is 1. The lowest BCUT2D eigenvalue weighted by molar-refractivity contribution is -0.122. The van der Waals surface area contributed by atoms with Crippen molar-refractivity contribution in [3.63, 3.8) is 0 Å².